The highest BCUT2D eigenvalue weighted by atomic mass is 32.2. The lowest BCUT2D eigenvalue weighted by Gasteiger charge is -2.29. The maximum Gasteiger partial charge on any atom is 0.272 e. The highest BCUT2D eigenvalue weighted by Gasteiger charge is 2.26. The van der Waals surface area contributed by atoms with Crippen LogP contribution < -0.4 is 15.4 Å². The predicted molar refractivity (Wildman–Crippen MR) is 179 cm³/mol. The molecule has 0 spiro atoms. The maximum atomic E-state index is 14.3. The zero-order valence-electron chi connectivity index (χ0n) is 26.5. The lowest BCUT2D eigenvalue weighted by atomic mass is 9.91. The summed E-state index contributed by atoms with van der Waals surface area (Å²) in [5.74, 6) is 1.52. The quantitative estimate of drug-likeness (QED) is 0.217. The number of carbonyl (C=O) groups is 2. The maximum absolute atomic E-state index is 14.3. The van der Waals surface area contributed by atoms with Crippen molar-refractivity contribution in [1.82, 2.24) is 30.3 Å². The van der Waals surface area contributed by atoms with Crippen LogP contribution in [0.1, 0.15) is 57.8 Å². The third kappa shape index (κ3) is 8.12. The minimum Gasteiger partial charge on any atom is -0.508 e. The summed E-state index contributed by atoms with van der Waals surface area (Å²) >= 11 is 1.95. The van der Waals surface area contributed by atoms with Gasteiger partial charge in [0.05, 0.1) is 6.20 Å². The summed E-state index contributed by atoms with van der Waals surface area (Å²) in [7, 11) is 1.80. The molecule has 0 bridgehead atoms. The van der Waals surface area contributed by atoms with Gasteiger partial charge in [-0.15, -0.1) is 0 Å². The lowest BCUT2D eigenvalue weighted by molar-refractivity contribution is 0.0887. The van der Waals surface area contributed by atoms with E-state index in [0.717, 1.165) is 65.8 Å². The van der Waals surface area contributed by atoms with Crippen molar-refractivity contribution < 1.29 is 23.8 Å². The standard InChI is InChI=1S/C35H39FN6O4S/c1-22-16-32(40-41(22)2)34(45)39-27-8-6-26(7-9-27)38-33(44)31-19-25(36)20-37-35(31)46-29-5-3-4-23(18-29)30-11-10-28(43)17-24(30)21-42-12-14-47-15-13-42/h3-5,10-11,16-20,26-27,43H,6-9,12-15,21H2,1-2H3,(H,38,44)(H,39,45)/t26-,27+. The monoisotopic (exact) mass is 658 g/mol. The average Bonchev–Trinajstić information content (AvgIpc) is 3.41. The second-order valence-electron chi connectivity index (χ2n) is 12.2. The Bertz CT molecular complexity index is 1730. The molecule has 2 fully saturated rings. The van der Waals surface area contributed by atoms with E-state index >= 15 is 0 Å². The van der Waals surface area contributed by atoms with Crippen LogP contribution in [0.2, 0.25) is 0 Å². The van der Waals surface area contributed by atoms with Crippen molar-refractivity contribution in [2.24, 2.45) is 7.05 Å². The molecule has 12 heteroatoms. The smallest absolute Gasteiger partial charge is 0.272 e. The van der Waals surface area contributed by atoms with Crippen LogP contribution >= 0.6 is 11.8 Å². The molecule has 1 aliphatic carbocycles. The zero-order chi connectivity index (χ0) is 32.9. The topological polar surface area (TPSA) is 122 Å². The number of benzene rings is 2. The van der Waals surface area contributed by atoms with E-state index in [4.69, 9.17) is 4.74 Å². The molecule has 4 aromatic rings. The van der Waals surface area contributed by atoms with Crippen LogP contribution in [0.4, 0.5) is 4.39 Å². The number of thioether (sulfide) groups is 1. The number of nitrogens with zero attached hydrogens (tertiary/aromatic N) is 4. The van der Waals surface area contributed by atoms with Crippen LogP contribution in [0.15, 0.2) is 60.8 Å². The Morgan fingerprint density at radius 1 is 1.00 bits per heavy atom. The van der Waals surface area contributed by atoms with Gasteiger partial charge in [-0.2, -0.15) is 16.9 Å². The van der Waals surface area contributed by atoms with Gasteiger partial charge >= 0.3 is 0 Å². The van der Waals surface area contributed by atoms with Crippen molar-refractivity contribution in [2.45, 2.75) is 51.2 Å². The first-order valence-electron chi connectivity index (χ1n) is 15.9. The molecule has 1 saturated carbocycles. The predicted octanol–water partition coefficient (Wildman–Crippen LogP) is 5.45. The fourth-order valence-corrected chi connectivity index (χ4v) is 7.06. The molecular formula is C35H39FN6O4S. The fourth-order valence-electron chi connectivity index (χ4n) is 6.08. The Kier molecular flexibility index (Phi) is 10.1. The molecule has 0 radical (unpaired) electrons. The Balaban J connectivity index is 1.11. The van der Waals surface area contributed by atoms with Gasteiger partial charge in [0.25, 0.3) is 11.8 Å². The molecule has 2 aromatic heterocycles. The Labute approximate surface area is 277 Å². The summed E-state index contributed by atoms with van der Waals surface area (Å²) in [6, 6.07) is 15.6. The molecule has 1 saturated heterocycles. The van der Waals surface area contributed by atoms with Crippen LogP contribution in [0, 0.1) is 12.7 Å². The molecular weight excluding hydrogens is 619 g/mol. The first-order valence-corrected chi connectivity index (χ1v) is 17.1. The van der Waals surface area contributed by atoms with E-state index in [0.29, 0.717) is 37.1 Å². The molecule has 3 heterocycles. The van der Waals surface area contributed by atoms with E-state index < -0.39 is 11.7 Å². The van der Waals surface area contributed by atoms with Crippen LogP contribution in [-0.2, 0) is 13.6 Å². The molecule has 6 rings (SSSR count). The second-order valence-corrected chi connectivity index (χ2v) is 13.4. The minimum absolute atomic E-state index is 0.00407. The summed E-state index contributed by atoms with van der Waals surface area (Å²) in [5, 5.41) is 20.5. The van der Waals surface area contributed by atoms with Gasteiger partial charge in [0.2, 0.25) is 5.88 Å². The highest BCUT2D eigenvalue weighted by molar-refractivity contribution is 7.99. The molecule has 2 amide bonds. The molecule has 1 aliphatic heterocycles. The number of halogens is 1. The van der Waals surface area contributed by atoms with Crippen LogP contribution in [0.3, 0.4) is 0 Å². The lowest BCUT2D eigenvalue weighted by Crippen LogP contribution is -2.44. The molecule has 3 N–H and O–H groups in total. The third-order valence-electron chi connectivity index (χ3n) is 8.75. The molecule has 2 aliphatic rings. The SMILES string of the molecule is Cc1cc(C(=O)N[C@H]2CC[C@@H](NC(=O)c3cc(F)cnc3Oc3cccc(-c4ccc(O)cc4CN4CCSCC4)c3)CC2)nn1C. The van der Waals surface area contributed by atoms with Gasteiger partial charge in [-0.1, -0.05) is 18.2 Å². The van der Waals surface area contributed by atoms with Gasteiger partial charge in [0.15, 0.2) is 0 Å². The summed E-state index contributed by atoms with van der Waals surface area (Å²) in [5.41, 5.74) is 4.16. The summed E-state index contributed by atoms with van der Waals surface area (Å²) in [6.07, 6.45) is 3.72. The summed E-state index contributed by atoms with van der Waals surface area (Å²) in [4.78, 5) is 32.5. The number of phenolic OH excluding ortho intramolecular Hbond substituents is 1. The molecule has 47 heavy (non-hydrogen) atoms. The number of hydrogen-bond donors (Lipinski definition) is 3. The van der Waals surface area contributed by atoms with Gasteiger partial charge in [0.1, 0.15) is 28.6 Å². The Hall–Kier alpha value is -4.42. The molecule has 2 aromatic carbocycles. The summed E-state index contributed by atoms with van der Waals surface area (Å²) < 4.78 is 22.1. The first kappa shape index (κ1) is 32.5. The second kappa shape index (κ2) is 14.6. The Morgan fingerprint density at radius 3 is 2.43 bits per heavy atom. The van der Waals surface area contributed by atoms with E-state index in [1.54, 1.807) is 36.0 Å². The van der Waals surface area contributed by atoms with Gasteiger partial charge in [-0.05, 0) is 85.7 Å². The van der Waals surface area contributed by atoms with Crippen LogP contribution in [0.25, 0.3) is 11.1 Å². The van der Waals surface area contributed by atoms with Crippen molar-refractivity contribution in [2.75, 3.05) is 24.6 Å². The number of aromatic nitrogens is 3. The number of carbonyl (C=O) groups excluding carboxylic acids is 2. The van der Waals surface area contributed by atoms with Crippen molar-refractivity contribution in [1.29, 1.82) is 0 Å². The summed E-state index contributed by atoms with van der Waals surface area (Å²) in [6.45, 7) is 4.60. The molecule has 246 valence electrons. The molecule has 0 unspecified atom stereocenters. The van der Waals surface area contributed by atoms with E-state index in [1.807, 2.05) is 43.0 Å². The molecule has 10 nitrogen and oxygen atoms in total. The first-order chi connectivity index (χ1) is 22.7. The number of rotatable bonds is 9. The van der Waals surface area contributed by atoms with Crippen LogP contribution in [0.5, 0.6) is 17.4 Å². The number of phenols is 1. The number of amides is 2. The van der Waals surface area contributed by atoms with Gasteiger partial charge < -0.3 is 20.5 Å². The third-order valence-corrected chi connectivity index (χ3v) is 9.69. The van der Waals surface area contributed by atoms with E-state index in [9.17, 15) is 19.1 Å². The van der Waals surface area contributed by atoms with E-state index in [1.165, 1.54) is 0 Å². The zero-order valence-corrected chi connectivity index (χ0v) is 27.4. The Morgan fingerprint density at radius 2 is 1.72 bits per heavy atom. The van der Waals surface area contributed by atoms with Gasteiger partial charge in [0, 0.05) is 56.0 Å². The average molecular weight is 659 g/mol. The number of ether oxygens (including phenoxy) is 1. The van der Waals surface area contributed by atoms with Crippen molar-refractivity contribution in [3.8, 4) is 28.5 Å². The van der Waals surface area contributed by atoms with E-state index in [-0.39, 0.29) is 35.2 Å². The number of nitrogens with one attached hydrogen (secondary N) is 2. The van der Waals surface area contributed by atoms with Crippen LogP contribution in [-0.4, -0.2) is 73.3 Å². The molecule has 0 atom stereocenters. The van der Waals surface area contributed by atoms with Gasteiger partial charge in [-0.3, -0.25) is 19.2 Å². The van der Waals surface area contributed by atoms with Crippen molar-refractivity contribution in [3.63, 3.8) is 0 Å². The minimum atomic E-state index is -0.641. The van der Waals surface area contributed by atoms with Gasteiger partial charge in [-0.25, -0.2) is 9.37 Å². The number of aromatic hydroxyl groups is 1. The van der Waals surface area contributed by atoms with Crippen molar-refractivity contribution >= 4 is 23.6 Å². The fraction of sp³-hybridized carbons (Fsp3) is 0.371. The van der Waals surface area contributed by atoms with Crippen molar-refractivity contribution in [3.05, 3.63) is 89.1 Å². The number of hydrogen-bond acceptors (Lipinski definition) is 8. The number of aryl methyl sites for hydroxylation is 2. The largest absolute Gasteiger partial charge is 0.508 e. The highest BCUT2D eigenvalue weighted by Crippen LogP contribution is 2.33. The normalized spacial score (nSPS) is 18.4. The van der Waals surface area contributed by atoms with E-state index in [2.05, 4.69) is 25.6 Å². The number of pyridine rings is 1.